The van der Waals surface area contributed by atoms with Crippen LogP contribution in [0.15, 0.2) is 41.7 Å². The van der Waals surface area contributed by atoms with Crippen molar-refractivity contribution in [3.63, 3.8) is 0 Å². The third-order valence-electron chi connectivity index (χ3n) is 5.12. The molecule has 1 aromatic rings. The fourth-order valence-corrected chi connectivity index (χ4v) is 10.4. The van der Waals surface area contributed by atoms with Gasteiger partial charge in [-0.1, -0.05) is 63.7 Å². The van der Waals surface area contributed by atoms with Crippen molar-refractivity contribution < 1.29 is 8.85 Å². The average Bonchev–Trinajstić information content (AvgIpc) is 2.67. The van der Waals surface area contributed by atoms with Crippen LogP contribution in [-0.2, 0) is 8.85 Å². The molecule has 0 aromatic heterocycles. The van der Waals surface area contributed by atoms with Gasteiger partial charge in [-0.25, -0.2) is 0 Å². The van der Waals surface area contributed by atoms with Crippen molar-refractivity contribution in [3.05, 3.63) is 41.7 Å². The fraction of sp³-hybridized carbons (Fsp3) is 0.579. The lowest BCUT2D eigenvalue weighted by Gasteiger charge is -2.46. The minimum absolute atomic E-state index is 1.02. The number of hydrogen-bond donors (Lipinski definition) is 0. The zero-order valence-corrected chi connectivity index (χ0v) is 19.1. The standard InChI is InChI=1S/C19H36N2O2Si2/c1-8-20(9-2)25(21(10-3)11-4,19-15-13-12-14-16-19)18-17-24(7,22-5)23-6/h12-18H,8-11H2,1-7H3. The zero-order valence-electron chi connectivity index (χ0n) is 17.1. The second kappa shape index (κ2) is 10.4. The van der Waals surface area contributed by atoms with Gasteiger partial charge in [-0.15, -0.1) is 0 Å². The Bertz CT molecular complexity index is 501. The molecule has 0 saturated heterocycles. The minimum Gasteiger partial charge on any atom is -0.395 e. The molecule has 0 aliphatic heterocycles. The Hall–Kier alpha value is -0.766. The fourth-order valence-electron chi connectivity index (χ4n) is 3.45. The summed E-state index contributed by atoms with van der Waals surface area (Å²) in [7, 11) is -0.993. The Morgan fingerprint density at radius 2 is 1.24 bits per heavy atom. The Kier molecular flexibility index (Phi) is 9.27. The molecule has 6 heteroatoms. The van der Waals surface area contributed by atoms with E-state index in [2.05, 4.69) is 85.1 Å². The van der Waals surface area contributed by atoms with Crippen molar-refractivity contribution in [2.75, 3.05) is 40.4 Å². The van der Waals surface area contributed by atoms with Gasteiger partial charge in [0.25, 0.3) is 8.40 Å². The molecule has 0 saturated carbocycles. The molecule has 0 radical (unpaired) electrons. The monoisotopic (exact) mass is 380 g/mol. The lowest BCUT2D eigenvalue weighted by atomic mass is 10.4. The smallest absolute Gasteiger partial charge is 0.360 e. The molecule has 0 aliphatic rings. The molecule has 0 amide bonds. The quantitative estimate of drug-likeness (QED) is 0.551. The molecular weight excluding hydrogens is 344 g/mol. The van der Waals surface area contributed by atoms with Crippen molar-refractivity contribution in [1.82, 2.24) is 9.13 Å². The largest absolute Gasteiger partial charge is 0.395 e. The molecule has 1 aromatic carbocycles. The highest BCUT2D eigenvalue weighted by Gasteiger charge is 2.44. The molecule has 0 heterocycles. The first-order valence-corrected chi connectivity index (χ1v) is 13.7. The predicted octanol–water partition coefficient (Wildman–Crippen LogP) is 3.02. The van der Waals surface area contributed by atoms with E-state index in [0.29, 0.717) is 0 Å². The van der Waals surface area contributed by atoms with Crippen LogP contribution in [0.3, 0.4) is 0 Å². The number of benzene rings is 1. The van der Waals surface area contributed by atoms with Crippen molar-refractivity contribution in [3.8, 4) is 0 Å². The molecule has 0 N–H and O–H groups in total. The Morgan fingerprint density at radius 1 is 0.800 bits per heavy atom. The maximum absolute atomic E-state index is 5.73. The Balaban J connectivity index is 3.63. The van der Waals surface area contributed by atoms with Gasteiger partial charge >= 0.3 is 8.56 Å². The summed E-state index contributed by atoms with van der Waals surface area (Å²) in [5.74, 6) is 0. The second-order valence-corrected chi connectivity index (χ2v) is 13.0. The highest BCUT2D eigenvalue weighted by atomic mass is 28.4. The molecule has 0 spiro atoms. The van der Waals surface area contributed by atoms with Gasteiger partial charge in [0.15, 0.2) is 0 Å². The van der Waals surface area contributed by atoms with Gasteiger partial charge in [0.05, 0.1) is 0 Å². The third kappa shape index (κ3) is 4.90. The average molecular weight is 381 g/mol. The van der Waals surface area contributed by atoms with Crippen LogP contribution in [0.2, 0.25) is 6.55 Å². The molecule has 0 aliphatic carbocycles. The summed E-state index contributed by atoms with van der Waals surface area (Å²) in [6.45, 7) is 15.2. The highest BCUT2D eigenvalue weighted by Crippen LogP contribution is 2.20. The summed E-state index contributed by atoms with van der Waals surface area (Å²) < 4.78 is 16.7. The van der Waals surface area contributed by atoms with E-state index in [4.69, 9.17) is 8.85 Å². The topological polar surface area (TPSA) is 24.9 Å². The van der Waals surface area contributed by atoms with Crippen LogP contribution in [0.5, 0.6) is 0 Å². The van der Waals surface area contributed by atoms with Crippen LogP contribution in [0.1, 0.15) is 27.7 Å². The zero-order chi connectivity index (χ0) is 18.9. The van der Waals surface area contributed by atoms with Gasteiger partial charge in [-0.2, -0.15) is 0 Å². The van der Waals surface area contributed by atoms with Gasteiger partial charge in [-0.05, 0) is 43.6 Å². The van der Waals surface area contributed by atoms with Crippen LogP contribution in [0, 0.1) is 0 Å². The SMILES string of the molecule is CCN(CC)[Si](C=C[Si](C)(OC)OC)(c1ccccc1)N(CC)CC. The first-order chi connectivity index (χ1) is 12.0. The van der Waals surface area contributed by atoms with Crippen LogP contribution in [0.25, 0.3) is 0 Å². The maximum Gasteiger partial charge on any atom is 0.360 e. The first kappa shape index (κ1) is 22.3. The van der Waals surface area contributed by atoms with E-state index in [1.54, 1.807) is 14.2 Å². The number of nitrogens with zero attached hydrogens (tertiary/aromatic N) is 2. The summed E-state index contributed by atoms with van der Waals surface area (Å²) >= 11 is 0. The predicted molar refractivity (Wildman–Crippen MR) is 112 cm³/mol. The van der Waals surface area contributed by atoms with Crippen molar-refractivity contribution >= 4 is 22.1 Å². The van der Waals surface area contributed by atoms with Crippen molar-refractivity contribution in [1.29, 1.82) is 0 Å². The summed E-state index contributed by atoms with van der Waals surface area (Å²) in [6.07, 6.45) is 0. The van der Waals surface area contributed by atoms with Gasteiger partial charge in [0, 0.05) is 14.2 Å². The van der Waals surface area contributed by atoms with Crippen LogP contribution < -0.4 is 5.19 Å². The molecule has 0 unspecified atom stereocenters. The lowest BCUT2D eigenvalue weighted by molar-refractivity contribution is 0.264. The Morgan fingerprint density at radius 3 is 1.60 bits per heavy atom. The number of rotatable bonds is 11. The molecule has 4 nitrogen and oxygen atoms in total. The molecule has 142 valence electrons. The summed E-state index contributed by atoms with van der Waals surface area (Å²) in [5, 5.41) is 1.42. The van der Waals surface area contributed by atoms with Gasteiger partial charge < -0.3 is 18.0 Å². The van der Waals surface area contributed by atoms with Crippen LogP contribution >= 0.6 is 0 Å². The van der Waals surface area contributed by atoms with E-state index >= 15 is 0 Å². The van der Waals surface area contributed by atoms with E-state index < -0.39 is 17.0 Å². The highest BCUT2D eigenvalue weighted by molar-refractivity contribution is 6.92. The first-order valence-electron chi connectivity index (χ1n) is 9.34. The molecule has 0 atom stereocenters. The lowest BCUT2D eigenvalue weighted by Crippen LogP contribution is -2.72. The molecule has 0 bridgehead atoms. The van der Waals surface area contributed by atoms with E-state index in [-0.39, 0.29) is 0 Å². The maximum atomic E-state index is 5.73. The summed E-state index contributed by atoms with van der Waals surface area (Å²) in [4.78, 5) is 0. The van der Waals surface area contributed by atoms with Crippen molar-refractivity contribution in [2.45, 2.75) is 34.2 Å². The van der Waals surface area contributed by atoms with E-state index in [1.165, 1.54) is 5.19 Å². The van der Waals surface area contributed by atoms with E-state index in [1.807, 2.05) is 0 Å². The molecule has 1 rings (SSSR count). The number of hydrogen-bond acceptors (Lipinski definition) is 4. The Labute approximate surface area is 156 Å². The van der Waals surface area contributed by atoms with E-state index in [0.717, 1.165) is 26.2 Å². The van der Waals surface area contributed by atoms with Crippen molar-refractivity contribution in [2.24, 2.45) is 0 Å². The molecular formula is C19H36N2O2Si2. The van der Waals surface area contributed by atoms with Crippen LogP contribution in [0.4, 0.5) is 0 Å². The van der Waals surface area contributed by atoms with Crippen LogP contribution in [-0.4, -0.2) is 66.5 Å². The van der Waals surface area contributed by atoms with Gasteiger partial charge in [-0.3, -0.25) is 0 Å². The normalized spacial score (nSPS) is 13.3. The third-order valence-corrected chi connectivity index (χ3v) is 12.9. The molecule has 25 heavy (non-hydrogen) atoms. The summed E-state index contributed by atoms with van der Waals surface area (Å²) in [5.41, 5.74) is 4.68. The second-order valence-electron chi connectivity index (χ2n) is 6.19. The summed E-state index contributed by atoms with van der Waals surface area (Å²) in [6, 6.07) is 11.0. The van der Waals surface area contributed by atoms with Gasteiger partial charge in [0.2, 0.25) is 0 Å². The van der Waals surface area contributed by atoms with E-state index in [9.17, 15) is 0 Å². The molecule has 0 fully saturated rings. The van der Waals surface area contributed by atoms with Gasteiger partial charge in [0.1, 0.15) is 0 Å². The minimum atomic E-state index is -2.28.